The maximum atomic E-state index is 12.3. The number of anilines is 1. The fourth-order valence-electron chi connectivity index (χ4n) is 2.43. The number of nitrogens with one attached hydrogen (secondary N) is 1. The molecule has 1 amide bonds. The van der Waals surface area contributed by atoms with Gasteiger partial charge in [0.2, 0.25) is 5.91 Å². The van der Waals surface area contributed by atoms with Gasteiger partial charge in [-0.1, -0.05) is 35.9 Å². The zero-order valence-corrected chi connectivity index (χ0v) is 11.3. The smallest absolute Gasteiger partial charge is 0.232 e. The summed E-state index contributed by atoms with van der Waals surface area (Å²) in [6, 6.07) is 14.8. The van der Waals surface area contributed by atoms with E-state index < -0.39 is 0 Å². The number of benzene rings is 2. The molecule has 1 unspecified atom stereocenters. The average molecular weight is 283 g/mol. The van der Waals surface area contributed by atoms with Gasteiger partial charge in [-0.05, 0) is 35.7 Å². The first-order valence-electron chi connectivity index (χ1n) is 6.27. The van der Waals surface area contributed by atoms with Crippen molar-refractivity contribution in [1.82, 2.24) is 0 Å². The van der Waals surface area contributed by atoms with Crippen LogP contribution in [-0.2, 0) is 11.2 Å². The van der Waals surface area contributed by atoms with Crippen LogP contribution >= 0.6 is 11.6 Å². The molecule has 4 heteroatoms. The molecule has 2 aromatic carbocycles. The summed E-state index contributed by atoms with van der Waals surface area (Å²) >= 11 is 5.91. The molecule has 2 aromatic rings. The van der Waals surface area contributed by atoms with Crippen molar-refractivity contribution in [3.8, 4) is 6.07 Å². The average Bonchev–Trinajstić information content (AvgIpc) is 2.40. The van der Waals surface area contributed by atoms with Crippen LogP contribution in [0.15, 0.2) is 42.5 Å². The lowest BCUT2D eigenvalue weighted by molar-refractivity contribution is -0.118. The number of halogens is 1. The molecule has 0 saturated heterocycles. The molecule has 0 spiro atoms. The Bertz CT molecular complexity index is 733. The molecule has 0 saturated carbocycles. The number of hydrogen-bond donors (Lipinski definition) is 1. The van der Waals surface area contributed by atoms with Crippen LogP contribution < -0.4 is 5.32 Å². The monoisotopic (exact) mass is 282 g/mol. The number of hydrogen-bond acceptors (Lipinski definition) is 2. The zero-order chi connectivity index (χ0) is 14.1. The van der Waals surface area contributed by atoms with Gasteiger partial charge in [-0.3, -0.25) is 4.79 Å². The molecule has 1 aliphatic carbocycles. The highest BCUT2D eigenvalue weighted by Crippen LogP contribution is 2.36. The molecule has 98 valence electrons. The van der Waals surface area contributed by atoms with Crippen LogP contribution in [0.1, 0.15) is 22.6 Å². The van der Waals surface area contributed by atoms with Crippen LogP contribution in [0.2, 0.25) is 5.02 Å². The maximum Gasteiger partial charge on any atom is 0.232 e. The molecule has 0 bridgehead atoms. The molecule has 3 rings (SSSR count). The number of amides is 1. The van der Waals surface area contributed by atoms with Gasteiger partial charge in [-0.25, -0.2) is 0 Å². The first-order chi connectivity index (χ1) is 9.69. The maximum absolute atomic E-state index is 12.3. The minimum Gasteiger partial charge on any atom is -0.324 e. The van der Waals surface area contributed by atoms with Crippen molar-refractivity contribution in [3.63, 3.8) is 0 Å². The van der Waals surface area contributed by atoms with Crippen molar-refractivity contribution < 1.29 is 4.79 Å². The molecule has 0 fully saturated rings. The summed E-state index contributed by atoms with van der Waals surface area (Å²) in [6.45, 7) is 0. The van der Waals surface area contributed by atoms with E-state index in [-0.39, 0.29) is 11.8 Å². The van der Waals surface area contributed by atoms with Crippen molar-refractivity contribution in [2.45, 2.75) is 12.3 Å². The van der Waals surface area contributed by atoms with Gasteiger partial charge in [0.05, 0.1) is 17.2 Å². The van der Waals surface area contributed by atoms with Gasteiger partial charge in [0.25, 0.3) is 0 Å². The minimum atomic E-state index is -0.142. The first-order valence-corrected chi connectivity index (χ1v) is 6.65. The number of carbonyl (C=O) groups is 1. The Morgan fingerprint density at radius 1 is 1.30 bits per heavy atom. The second-order valence-electron chi connectivity index (χ2n) is 4.75. The number of carbonyl (C=O) groups excluding carboxylic acids is 1. The molecule has 20 heavy (non-hydrogen) atoms. The number of nitriles is 1. The van der Waals surface area contributed by atoms with Gasteiger partial charge in [-0.15, -0.1) is 0 Å². The molecule has 0 aromatic heterocycles. The normalized spacial score (nSPS) is 15.7. The van der Waals surface area contributed by atoms with Crippen molar-refractivity contribution in [2.75, 3.05) is 5.32 Å². The molecular formula is C16H11ClN2O. The van der Waals surface area contributed by atoms with Crippen LogP contribution in [0.3, 0.4) is 0 Å². The van der Waals surface area contributed by atoms with Gasteiger partial charge in [0.1, 0.15) is 6.07 Å². The fraction of sp³-hybridized carbons (Fsp3) is 0.125. The quantitative estimate of drug-likeness (QED) is 0.917. The Kier molecular flexibility index (Phi) is 3.17. The standard InChI is InChI=1S/C16H11ClN2O/c17-12-6-5-11(9-18)15(8-12)19-16(20)14-7-10-3-1-2-4-13(10)14/h1-6,8,14H,7H2,(H,19,20). The largest absolute Gasteiger partial charge is 0.324 e. The highest BCUT2D eigenvalue weighted by atomic mass is 35.5. The summed E-state index contributed by atoms with van der Waals surface area (Å²) in [4.78, 5) is 12.3. The van der Waals surface area contributed by atoms with E-state index >= 15 is 0 Å². The predicted octanol–water partition coefficient (Wildman–Crippen LogP) is 3.49. The highest BCUT2D eigenvalue weighted by Gasteiger charge is 2.31. The summed E-state index contributed by atoms with van der Waals surface area (Å²) in [5, 5.41) is 12.3. The number of rotatable bonds is 2. The Labute approximate surface area is 121 Å². The van der Waals surface area contributed by atoms with Crippen LogP contribution in [0.4, 0.5) is 5.69 Å². The van der Waals surface area contributed by atoms with Crippen molar-refractivity contribution in [3.05, 3.63) is 64.2 Å². The molecule has 3 nitrogen and oxygen atoms in total. The predicted molar refractivity (Wildman–Crippen MR) is 77.7 cm³/mol. The lowest BCUT2D eigenvalue weighted by Gasteiger charge is -2.29. The second-order valence-corrected chi connectivity index (χ2v) is 5.18. The van der Waals surface area contributed by atoms with E-state index in [9.17, 15) is 4.79 Å². The van der Waals surface area contributed by atoms with Gasteiger partial charge in [0, 0.05) is 5.02 Å². The van der Waals surface area contributed by atoms with Gasteiger partial charge in [-0.2, -0.15) is 5.26 Å². The molecule has 1 N–H and O–H groups in total. The summed E-state index contributed by atoms with van der Waals surface area (Å²) in [5.74, 6) is -0.237. The summed E-state index contributed by atoms with van der Waals surface area (Å²) in [6.07, 6.45) is 0.741. The van der Waals surface area contributed by atoms with Crippen LogP contribution in [0, 0.1) is 11.3 Å². The molecular weight excluding hydrogens is 272 g/mol. The fourth-order valence-corrected chi connectivity index (χ4v) is 2.60. The SMILES string of the molecule is N#Cc1ccc(Cl)cc1NC(=O)C1Cc2ccccc21. The van der Waals surface area contributed by atoms with Crippen LogP contribution in [-0.4, -0.2) is 5.91 Å². The van der Waals surface area contributed by atoms with Crippen LogP contribution in [0.25, 0.3) is 0 Å². The third-order valence-electron chi connectivity index (χ3n) is 3.53. The van der Waals surface area contributed by atoms with Gasteiger partial charge < -0.3 is 5.32 Å². The summed E-state index contributed by atoms with van der Waals surface area (Å²) in [5.41, 5.74) is 3.15. The lowest BCUT2D eigenvalue weighted by Crippen LogP contribution is -2.30. The topological polar surface area (TPSA) is 52.9 Å². The number of nitrogens with zero attached hydrogens (tertiary/aromatic N) is 1. The van der Waals surface area contributed by atoms with E-state index in [4.69, 9.17) is 16.9 Å². The van der Waals surface area contributed by atoms with Gasteiger partial charge >= 0.3 is 0 Å². The van der Waals surface area contributed by atoms with Crippen molar-refractivity contribution in [1.29, 1.82) is 5.26 Å². The number of fused-ring (bicyclic) bond motifs is 1. The van der Waals surface area contributed by atoms with Gasteiger partial charge in [0.15, 0.2) is 0 Å². The third-order valence-corrected chi connectivity index (χ3v) is 3.77. The molecule has 1 atom stereocenters. The Morgan fingerprint density at radius 3 is 2.85 bits per heavy atom. The Hall–Kier alpha value is -2.31. The second kappa shape index (κ2) is 4.99. The zero-order valence-electron chi connectivity index (χ0n) is 10.6. The molecule has 0 heterocycles. The van der Waals surface area contributed by atoms with E-state index in [1.165, 1.54) is 5.56 Å². The first kappa shape index (κ1) is 12.7. The molecule has 1 aliphatic rings. The lowest BCUT2D eigenvalue weighted by atomic mass is 9.77. The third kappa shape index (κ3) is 2.15. The Morgan fingerprint density at radius 2 is 2.10 bits per heavy atom. The molecule has 0 aliphatic heterocycles. The van der Waals surface area contributed by atoms with E-state index in [2.05, 4.69) is 5.32 Å². The van der Waals surface area contributed by atoms with E-state index in [0.29, 0.717) is 16.3 Å². The minimum absolute atomic E-state index is 0.0949. The van der Waals surface area contributed by atoms with Crippen LogP contribution in [0.5, 0.6) is 0 Å². The highest BCUT2D eigenvalue weighted by molar-refractivity contribution is 6.31. The van der Waals surface area contributed by atoms with E-state index in [1.807, 2.05) is 30.3 Å². The summed E-state index contributed by atoms with van der Waals surface area (Å²) < 4.78 is 0. The summed E-state index contributed by atoms with van der Waals surface area (Å²) in [7, 11) is 0. The van der Waals surface area contributed by atoms with E-state index in [0.717, 1.165) is 12.0 Å². The molecule has 0 radical (unpaired) electrons. The Balaban J connectivity index is 1.82. The van der Waals surface area contributed by atoms with E-state index in [1.54, 1.807) is 18.2 Å². The van der Waals surface area contributed by atoms with Crippen molar-refractivity contribution in [2.24, 2.45) is 0 Å². The van der Waals surface area contributed by atoms with Crippen molar-refractivity contribution >= 4 is 23.2 Å².